The van der Waals surface area contributed by atoms with Crippen LogP contribution in [0.25, 0.3) is 28.1 Å². The molecule has 0 radical (unpaired) electrons. The highest BCUT2D eigenvalue weighted by Gasteiger charge is 2.23. The van der Waals surface area contributed by atoms with Gasteiger partial charge in [-0.15, -0.1) is 0 Å². The van der Waals surface area contributed by atoms with Gasteiger partial charge in [0.2, 0.25) is 0 Å². The zero-order valence-corrected chi connectivity index (χ0v) is 22.3. The van der Waals surface area contributed by atoms with E-state index in [9.17, 15) is 4.79 Å². The van der Waals surface area contributed by atoms with Crippen molar-refractivity contribution in [1.29, 1.82) is 0 Å². The van der Waals surface area contributed by atoms with Crippen molar-refractivity contribution in [3.8, 4) is 33.8 Å². The molecule has 200 valence electrons. The molecule has 1 saturated heterocycles. The van der Waals surface area contributed by atoms with Crippen molar-refractivity contribution in [1.82, 2.24) is 19.7 Å². The number of nitrogens with zero attached hydrogens (tertiary/aromatic N) is 5. The summed E-state index contributed by atoms with van der Waals surface area (Å²) in [6.07, 6.45) is 3.91. The third-order valence-electron chi connectivity index (χ3n) is 7.05. The van der Waals surface area contributed by atoms with Crippen LogP contribution in [-0.2, 0) is 0 Å². The summed E-state index contributed by atoms with van der Waals surface area (Å²) in [4.78, 5) is 21.5. The van der Waals surface area contributed by atoms with Gasteiger partial charge >= 0.3 is 6.03 Å². The van der Waals surface area contributed by atoms with Gasteiger partial charge in [-0.25, -0.2) is 14.5 Å². The van der Waals surface area contributed by atoms with E-state index in [1.165, 1.54) is 0 Å². The van der Waals surface area contributed by atoms with Crippen LogP contribution < -0.4 is 15.0 Å². The number of carbonyl (C=O) groups is 1. The number of aromatic nitrogens is 3. The molecule has 0 unspecified atom stereocenters. The van der Waals surface area contributed by atoms with Crippen LogP contribution >= 0.6 is 0 Å². The Bertz CT molecular complexity index is 1590. The number of rotatable bonds is 6. The molecule has 1 aliphatic rings. The summed E-state index contributed by atoms with van der Waals surface area (Å²) in [6, 6.07) is 31.6. The maximum absolute atomic E-state index is 12.7. The highest BCUT2D eigenvalue weighted by atomic mass is 16.5. The summed E-state index contributed by atoms with van der Waals surface area (Å²) < 4.78 is 7.40. The first kappa shape index (κ1) is 25.2. The minimum atomic E-state index is -0.0798. The minimum absolute atomic E-state index is 0.0798. The number of carbonyl (C=O) groups excluding carboxylic acids is 1. The van der Waals surface area contributed by atoms with E-state index in [-0.39, 0.29) is 6.03 Å². The van der Waals surface area contributed by atoms with Crippen molar-refractivity contribution in [3.63, 3.8) is 0 Å². The predicted molar refractivity (Wildman–Crippen MR) is 158 cm³/mol. The van der Waals surface area contributed by atoms with E-state index in [0.717, 1.165) is 45.3 Å². The van der Waals surface area contributed by atoms with Crippen LogP contribution in [0.3, 0.4) is 0 Å². The predicted octanol–water partition coefficient (Wildman–Crippen LogP) is 5.96. The molecular formula is C32H30N6O2. The number of nitrogens with one attached hydrogen (secondary N) is 1. The zero-order valence-electron chi connectivity index (χ0n) is 22.3. The highest BCUT2D eigenvalue weighted by molar-refractivity contribution is 5.89. The molecule has 1 aliphatic heterocycles. The van der Waals surface area contributed by atoms with Gasteiger partial charge in [0, 0.05) is 55.4 Å². The fourth-order valence-corrected chi connectivity index (χ4v) is 4.90. The van der Waals surface area contributed by atoms with Crippen LogP contribution in [0.15, 0.2) is 109 Å². The Morgan fingerprint density at radius 1 is 0.825 bits per heavy atom. The van der Waals surface area contributed by atoms with E-state index in [4.69, 9.17) is 9.84 Å². The summed E-state index contributed by atoms with van der Waals surface area (Å²) in [5.74, 6) is 1.66. The van der Waals surface area contributed by atoms with Crippen LogP contribution in [0.1, 0.15) is 0 Å². The zero-order chi connectivity index (χ0) is 27.3. The second-order valence-corrected chi connectivity index (χ2v) is 9.58. The number of pyridine rings is 1. The molecule has 0 saturated carbocycles. The van der Waals surface area contributed by atoms with E-state index in [1.54, 1.807) is 7.11 Å². The van der Waals surface area contributed by atoms with E-state index in [0.29, 0.717) is 26.2 Å². The van der Waals surface area contributed by atoms with Crippen molar-refractivity contribution < 1.29 is 9.53 Å². The minimum Gasteiger partial charge on any atom is -0.497 e. The lowest BCUT2D eigenvalue weighted by Gasteiger charge is -2.35. The number of methoxy groups -OCH3 is 1. The standard InChI is InChI=1S/C32H30N6O2/c1-40-28-14-8-9-25(21-28)31-29(23-38(35-31)27-12-6-3-7-13-27)24-15-16-33-30(22-24)36-17-19-37(20-18-36)32(39)34-26-10-4-2-5-11-26/h2-16,21-23H,17-20H2,1H3,(H,34,39). The van der Waals surface area contributed by atoms with Crippen molar-refractivity contribution in [2.45, 2.75) is 0 Å². The van der Waals surface area contributed by atoms with Crippen molar-refractivity contribution in [2.75, 3.05) is 43.5 Å². The molecule has 3 heterocycles. The van der Waals surface area contributed by atoms with Gasteiger partial charge in [0.25, 0.3) is 0 Å². The molecule has 40 heavy (non-hydrogen) atoms. The Morgan fingerprint density at radius 2 is 1.57 bits per heavy atom. The van der Waals surface area contributed by atoms with Crippen LogP contribution in [0.5, 0.6) is 5.75 Å². The normalized spacial score (nSPS) is 13.2. The van der Waals surface area contributed by atoms with Gasteiger partial charge in [-0.1, -0.05) is 48.5 Å². The molecular weight excluding hydrogens is 500 g/mol. The molecule has 0 aliphatic carbocycles. The maximum Gasteiger partial charge on any atom is 0.321 e. The van der Waals surface area contributed by atoms with Gasteiger partial charge in [0.1, 0.15) is 17.3 Å². The maximum atomic E-state index is 12.7. The summed E-state index contributed by atoms with van der Waals surface area (Å²) in [5, 5.41) is 7.96. The number of piperazine rings is 1. The molecule has 0 bridgehead atoms. The summed E-state index contributed by atoms with van der Waals surface area (Å²) in [7, 11) is 1.67. The fraction of sp³-hybridized carbons (Fsp3) is 0.156. The Labute approximate surface area is 233 Å². The number of anilines is 2. The topological polar surface area (TPSA) is 75.5 Å². The van der Waals surface area contributed by atoms with Crippen molar-refractivity contribution >= 4 is 17.5 Å². The second-order valence-electron chi connectivity index (χ2n) is 9.58. The lowest BCUT2D eigenvalue weighted by molar-refractivity contribution is 0.208. The highest BCUT2D eigenvalue weighted by Crippen LogP contribution is 2.34. The number of hydrogen-bond donors (Lipinski definition) is 1. The Kier molecular flexibility index (Phi) is 7.13. The van der Waals surface area contributed by atoms with Gasteiger partial charge in [0.05, 0.1) is 12.8 Å². The van der Waals surface area contributed by atoms with Gasteiger partial charge in [-0.2, -0.15) is 5.10 Å². The molecule has 6 rings (SSSR count). The van der Waals surface area contributed by atoms with Gasteiger partial charge in [-0.3, -0.25) is 0 Å². The molecule has 1 N–H and O–H groups in total. The van der Waals surface area contributed by atoms with Crippen LogP contribution in [-0.4, -0.2) is 59.0 Å². The largest absolute Gasteiger partial charge is 0.497 e. The van der Waals surface area contributed by atoms with E-state index in [2.05, 4.69) is 27.5 Å². The van der Waals surface area contributed by atoms with Crippen molar-refractivity contribution in [3.05, 3.63) is 109 Å². The number of urea groups is 1. The quantitative estimate of drug-likeness (QED) is 0.293. The number of benzene rings is 3. The lowest BCUT2D eigenvalue weighted by Crippen LogP contribution is -2.50. The second kappa shape index (κ2) is 11.3. The first-order chi connectivity index (χ1) is 19.7. The van der Waals surface area contributed by atoms with Crippen LogP contribution in [0, 0.1) is 0 Å². The molecule has 8 nitrogen and oxygen atoms in total. The molecule has 3 aromatic carbocycles. The van der Waals surface area contributed by atoms with Gasteiger partial charge < -0.3 is 19.9 Å². The molecule has 0 spiro atoms. The summed E-state index contributed by atoms with van der Waals surface area (Å²) >= 11 is 0. The number of hydrogen-bond acceptors (Lipinski definition) is 5. The average Bonchev–Trinajstić information content (AvgIpc) is 3.48. The number of amides is 2. The van der Waals surface area contributed by atoms with E-state index < -0.39 is 0 Å². The third-order valence-corrected chi connectivity index (χ3v) is 7.05. The molecule has 1 fully saturated rings. The van der Waals surface area contributed by atoms with Crippen LogP contribution in [0.2, 0.25) is 0 Å². The number of para-hydroxylation sites is 2. The molecule has 5 aromatic rings. The van der Waals surface area contributed by atoms with Gasteiger partial charge in [-0.05, 0) is 54.1 Å². The number of ether oxygens (including phenoxy) is 1. The molecule has 2 amide bonds. The molecule has 8 heteroatoms. The first-order valence-corrected chi connectivity index (χ1v) is 13.3. The monoisotopic (exact) mass is 530 g/mol. The smallest absolute Gasteiger partial charge is 0.321 e. The van der Waals surface area contributed by atoms with Crippen molar-refractivity contribution in [2.24, 2.45) is 0 Å². The summed E-state index contributed by atoms with van der Waals surface area (Å²) in [6.45, 7) is 2.63. The molecule has 2 aromatic heterocycles. The first-order valence-electron chi connectivity index (χ1n) is 13.3. The van der Waals surface area contributed by atoms with Crippen LogP contribution in [0.4, 0.5) is 16.3 Å². The Morgan fingerprint density at radius 3 is 2.33 bits per heavy atom. The van der Waals surface area contributed by atoms with Gasteiger partial charge in [0.15, 0.2) is 0 Å². The Hall–Kier alpha value is -5.11. The van der Waals surface area contributed by atoms with E-state index >= 15 is 0 Å². The lowest BCUT2D eigenvalue weighted by atomic mass is 10.0. The van der Waals surface area contributed by atoms with E-state index in [1.807, 2.05) is 107 Å². The SMILES string of the molecule is COc1cccc(-c2nn(-c3ccccc3)cc2-c2ccnc(N3CCN(C(=O)Nc4ccccc4)CC3)c2)c1. The Balaban J connectivity index is 1.25. The third kappa shape index (κ3) is 5.37. The fourth-order valence-electron chi connectivity index (χ4n) is 4.90. The molecule has 0 atom stereocenters. The average molecular weight is 531 g/mol. The summed E-state index contributed by atoms with van der Waals surface area (Å²) in [5.41, 5.74) is 5.64.